The Morgan fingerprint density at radius 3 is 2.50 bits per heavy atom. The molecular weight excluding hydrogens is 234 g/mol. The number of halogens is 1. The molecule has 0 aromatic carbocycles. The second-order valence-electron chi connectivity index (χ2n) is 3.64. The zero-order chi connectivity index (χ0) is 12.3. The molecule has 1 aromatic rings. The summed E-state index contributed by atoms with van der Waals surface area (Å²) in [6.07, 6.45) is 1.27. The molecule has 0 fully saturated rings. The van der Waals surface area contributed by atoms with Crippen LogP contribution in [-0.2, 0) is 4.79 Å². The van der Waals surface area contributed by atoms with Crippen LogP contribution in [0.2, 0.25) is 5.22 Å². The molecule has 16 heavy (non-hydrogen) atoms. The van der Waals surface area contributed by atoms with Gasteiger partial charge in [0.2, 0.25) is 5.22 Å². The van der Waals surface area contributed by atoms with E-state index < -0.39 is 17.9 Å². The minimum absolute atomic E-state index is 0.0506. The number of amides is 1. The largest absolute Gasteiger partial charge is 0.480 e. The van der Waals surface area contributed by atoms with Crippen LogP contribution in [0.3, 0.4) is 0 Å². The first-order valence-electron chi connectivity index (χ1n) is 4.70. The van der Waals surface area contributed by atoms with E-state index in [4.69, 9.17) is 21.1 Å². The highest BCUT2D eigenvalue weighted by molar-refractivity contribution is 6.32. The molecule has 0 aliphatic heterocycles. The van der Waals surface area contributed by atoms with Gasteiger partial charge in [0.1, 0.15) is 6.04 Å². The lowest BCUT2D eigenvalue weighted by Crippen LogP contribution is -2.44. The van der Waals surface area contributed by atoms with Crippen molar-refractivity contribution in [2.45, 2.75) is 19.9 Å². The fourth-order valence-electron chi connectivity index (χ4n) is 1.19. The number of carbonyl (C=O) groups is 2. The van der Waals surface area contributed by atoms with Gasteiger partial charge in [-0.05, 0) is 23.6 Å². The van der Waals surface area contributed by atoms with Gasteiger partial charge in [0.25, 0.3) is 5.91 Å². The minimum Gasteiger partial charge on any atom is -0.480 e. The van der Waals surface area contributed by atoms with Crippen LogP contribution in [0.4, 0.5) is 0 Å². The van der Waals surface area contributed by atoms with E-state index in [2.05, 4.69) is 5.32 Å². The summed E-state index contributed by atoms with van der Waals surface area (Å²) in [6.45, 7) is 3.41. The molecule has 1 aromatic heterocycles. The maximum atomic E-state index is 11.6. The summed E-state index contributed by atoms with van der Waals surface area (Å²) in [5, 5.41) is 11.2. The maximum absolute atomic E-state index is 11.6. The molecule has 0 radical (unpaired) electrons. The van der Waals surface area contributed by atoms with E-state index in [9.17, 15) is 9.59 Å². The van der Waals surface area contributed by atoms with Crippen molar-refractivity contribution < 1.29 is 19.1 Å². The van der Waals surface area contributed by atoms with E-state index in [1.165, 1.54) is 12.3 Å². The van der Waals surface area contributed by atoms with E-state index in [1.807, 2.05) is 0 Å². The van der Waals surface area contributed by atoms with Crippen LogP contribution in [0.5, 0.6) is 0 Å². The molecule has 1 amide bonds. The summed E-state index contributed by atoms with van der Waals surface area (Å²) in [5.41, 5.74) is 0.133. The van der Waals surface area contributed by atoms with Crippen molar-refractivity contribution in [2.75, 3.05) is 0 Å². The molecule has 0 saturated carbocycles. The number of carboxylic acid groups (broad SMARTS) is 1. The molecule has 0 spiro atoms. The van der Waals surface area contributed by atoms with Gasteiger partial charge in [-0.25, -0.2) is 4.79 Å². The zero-order valence-corrected chi connectivity index (χ0v) is 9.62. The molecule has 0 aliphatic rings. The smallest absolute Gasteiger partial charge is 0.326 e. The third-order valence-electron chi connectivity index (χ3n) is 2.08. The first kappa shape index (κ1) is 12.6. The lowest BCUT2D eigenvalue weighted by atomic mass is 10.0. The van der Waals surface area contributed by atoms with E-state index in [0.29, 0.717) is 0 Å². The first-order chi connectivity index (χ1) is 7.43. The van der Waals surface area contributed by atoms with Crippen molar-refractivity contribution in [1.82, 2.24) is 5.32 Å². The van der Waals surface area contributed by atoms with Crippen molar-refractivity contribution in [3.05, 3.63) is 23.1 Å². The fourth-order valence-corrected chi connectivity index (χ4v) is 1.39. The van der Waals surface area contributed by atoms with Crippen molar-refractivity contribution >= 4 is 23.5 Å². The van der Waals surface area contributed by atoms with Gasteiger partial charge < -0.3 is 14.8 Å². The summed E-state index contributed by atoms with van der Waals surface area (Å²) < 4.78 is 4.75. The third-order valence-corrected chi connectivity index (χ3v) is 2.37. The number of hydrogen-bond donors (Lipinski definition) is 2. The summed E-state index contributed by atoms with van der Waals surface area (Å²) >= 11 is 5.60. The predicted octanol–water partition coefficient (Wildman–Crippen LogP) is 1.77. The number of furan rings is 1. The number of hydrogen-bond acceptors (Lipinski definition) is 3. The predicted molar refractivity (Wildman–Crippen MR) is 57.4 cm³/mol. The Bertz CT molecular complexity index is 399. The fraction of sp³-hybridized carbons (Fsp3) is 0.400. The Kier molecular flexibility index (Phi) is 3.95. The van der Waals surface area contributed by atoms with E-state index in [-0.39, 0.29) is 16.7 Å². The highest BCUT2D eigenvalue weighted by Gasteiger charge is 2.25. The van der Waals surface area contributed by atoms with E-state index in [0.717, 1.165) is 0 Å². The lowest BCUT2D eigenvalue weighted by Gasteiger charge is -2.17. The van der Waals surface area contributed by atoms with Crippen LogP contribution in [-0.4, -0.2) is 23.0 Å². The highest BCUT2D eigenvalue weighted by Crippen LogP contribution is 2.16. The van der Waals surface area contributed by atoms with Crippen molar-refractivity contribution in [2.24, 2.45) is 5.92 Å². The molecule has 0 saturated heterocycles. The summed E-state index contributed by atoms with van der Waals surface area (Å²) in [5.74, 6) is -1.85. The summed E-state index contributed by atoms with van der Waals surface area (Å²) in [4.78, 5) is 22.5. The third kappa shape index (κ3) is 2.76. The van der Waals surface area contributed by atoms with Gasteiger partial charge in [-0.2, -0.15) is 0 Å². The molecule has 88 valence electrons. The molecule has 5 nitrogen and oxygen atoms in total. The topological polar surface area (TPSA) is 79.5 Å². The quantitative estimate of drug-likeness (QED) is 0.847. The number of nitrogens with one attached hydrogen (secondary N) is 1. The van der Waals surface area contributed by atoms with Crippen molar-refractivity contribution in [3.63, 3.8) is 0 Å². The lowest BCUT2D eigenvalue weighted by molar-refractivity contribution is -0.140. The molecule has 0 aliphatic carbocycles. The van der Waals surface area contributed by atoms with Crippen LogP contribution in [0, 0.1) is 5.92 Å². The van der Waals surface area contributed by atoms with Gasteiger partial charge in [0, 0.05) is 0 Å². The normalized spacial score (nSPS) is 12.5. The summed E-state index contributed by atoms with van der Waals surface area (Å²) in [6, 6.07) is 0.440. The van der Waals surface area contributed by atoms with Gasteiger partial charge in [-0.1, -0.05) is 13.8 Å². The number of carboxylic acids is 1. The number of aliphatic carboxylic acids is 1. The second-order valence-corrected chi connectivity index (χ2v) is 3.98. The van der Waals surface area contributed by atoms with Crippen LogP contribution in [0.15, 0.2) is 16.7 Å². The van der Waals surface area contributed by atoms with Gasteiger partial charge in [-0.3, -0.25) is 4.79 Å². The van der Waals surface area contributed by atoms with Crippen LogP contribution < -0.4 is 5.32 Å². The Labute approximate surface area is 97.4 Å². The Morgan fingerprint density at radius 1 is 1.50 bits per heavy atom. The summed E-state index contributed by atoms with van der Waals surface area (Å²) in [7, 11) is 0. The minimum atomic E-state index is -1.08. The molecular formula is C10H12ClNO4. The van der Waals surface area contributed by atoms with E-state index >= 15 is 0 Å². The SMILES string of the molecule is CC(C)[C@@H](NC(=O)c1ccoc1Cl)C(=O)O. The highest BCUT2D eigenvalue weighted by atomic mass is 35.5. The molecule has 0 unspecified atom stereocenters. The van der Waals surface area contributed by atoms with Gasteiger partial charge in [0.15, 0.2) is 0 Å². The Morgan fingerprint density at radius 2 is 2.12 bits per heavy atom. The monoisotopic (exact) mass is 245 g/mol. The molecule has 2 N–H and O–H groups in total. The van der Waals surface area contributed by atoms with Crippen LogP contribution in [0.25, 0.3) is 0 Å². The van der Waals surface area contributed by atoms with Crippen LogP contribution in [0.1, 0.15) is 24.2 Å². The zero-order valence-electron chi connectivity index (χ0n) is 8.86. The van der Waals surface area contributed by atoms with Gasteiger partial charge in [0.05, 0.1) is 11.8 Å². The molecule has 0 bridgehead atoms. The number of carbonyl (C=O) groups excluding carboxylic acids is 1. The number of rotatable bonds is 4. The van der Waals surface area contributed by atoms with Crippen molar-refractivity contribution in [3.8, 4) is 0 Å². The Hall–Kier alpha value is -1.49. The molecule has 1 rings (SSSR count). The molecule has 1 heterocycles. The maximum Gasteiger partial charge on any atom is 0.326 e. The average molecular weight is 246 g/mol. The van der Waals surface area contributed by atoms with Crippen LogP contribution >= 0.6 is 11.6 Å². The van der Waals surface area contributed by atoms with Crippen molar-refractivity contribution in [1.29, 1.82) is 0 Å². The average Bonchev–Trinajstić information content (AvgIpc) is 2.59. The first-order valence-corrected chi connectivity index (χ1v) is 5.08. The standard InChI is InChI=1S/C10H12ClNO4/c1-5(2)7(10(14)15)12-9(13)6-3-4-16-8(6)11/h3-5,7H,1-2H3,(H,12,13)(H,14,15)/t7-/m1/s1. The van der Waals surface area contributed by atoms with Gasteiger partial charge in [-0.15, -0.1) is 0 Å². The Balaban J connectivity index is 2.77. The molecule has 6 heteroatoms. The molecule has 1 atom stereocenters. The van der Waals surface area contributed by atoms with E-state index in [1.54, 1.807) is 13.8 Å². The van der Waals surface area contributed by atoms with Gasteiger partial charge >= 0.3 is 5.97 Å². The second kappa shape index (κ2) is 5.03.